The van der Waals surface area contributed by atoms with E-state index in [2.05, 4.69) is 26.7 Å². The molecule has 2 N–H and O–H groups in total. The van der Waals surface area contributed by atoms with Crippen molar-refractivity contribution in [1.29, 1.82) is 0 Å². The van der Waals surface area contributed by atoms with E-state index in [9.17, 15) is 19.2 Å². The van der Waals surface area contributed by atoms with E-state index in [0.29, 0.717) is 11.4 Å². The number of hydrogen-bond acceptors (Lipinski definition) is 6. The Morgan fingerprint density at radius 3 is 2.61 bits per heavy atom. The molecule has 1 fully saturated rings. The molecule has 1 aliphatic rings. The second-order valence-electron chi connectivity index (χ2n) is 7.62. The van der Waals surface area contributed by atoms with Gasteiger partial charge in [-0.2, -0.15) is 0 Å². The maximum absolute atomic E-state index is 12.5. The topological polar surface area (TPSA) is 114 Å². The summed E-state index contributed by atoms with van der Waals surface area (Å²) in [5.74, 6) is -2.56. The van der Waals surface area contributed by atoms with E-state index in [1.807, 2.05) is 26.0 Å². The first kappa shape index (κ1) is 24.2. The monoisotopic (exact) mass is 517 g/mol. The summed E-state index contributed by atoms with van der Waals surface area (Å²) >= 11 is 3.43. The zero-order valence-corrected chi connectivity index (χ0v) is 20.0. The second-order valence-corrected chi connectivity index (χ2v) is 8.47. The molecule has 1 aliphatic heterocycles. The number of amides is 3. The summed E-state index contributed by atoms with van der Waals surface area (Å²) in [6.45, 7) is 3.22. The van der Waals surface area contributed by atoms with Crippen molar-refractivity contribution in [2.45, 2.75) is 20.3 Å². The fraction of sp³-hybridized carbons (Fsp3) is 0.304. The minimum atomic E-state index is -0.792. The molecule has 0 spiro atoms. The van der Waals surface area contributed by atoms with Gasteiger partial charge in [0.15, 0.2) is 6.61 Å². The van der Waals surface area contributed by atoms with Crippen molar-refractivity contribution in [2.24, 2.45) is 5.92 Å². The van der Waals surface area contributed by atoms with E-state index in [-0.39, 0.29) is 18.5 Å². The number of hydrogen-bond donors (Lipinski definition) is 2. The highest BCUT2D eigenvalue weighted by Crippen LogP contribution is 2.25. The van der Waals surface area contributed by atoms with Crippen molar-refractivity contribution in [2.75, 3.05) is 25.6 Å². The number of hydrazine groups is 1. The van der Waals surface area contributed by atoms with Gasteiger partial charge in [-0.15, -0.1) is 0 Å². The van der Waals surface area contributed by atoms with Crippen molar-refractivity contribution in [3.05, 3.63) is 57.6 Å². The van der Waals surface area contributed by atoms with Crippen LogP contribution < -0.4 is 15.5 Å². The van der Waals surface area contributed by atoms with E-state index in [0.717, 1.165) is 20.6 Å². The highest BCUT2D eigenvalue weighted by molar-refractivity contribution is 9.10. The Hall–Kier alpha value is -3.40. The smallest absolute Gasteiger partial charge is 0.311 e. The van der Waals surface area contributed by atoms with E-state index in [1.165, 1.54) is 7.11 Å². The molecule has 3 amide bonds. The number of para-hydroxylation sites is 1. The summed E-state index contributed by atoms with van der Waals surface area (Å²) in [6, 6.07) is 10.3. The Kier molecular flexibility index (Phi) is 7.70. The molecule has 0 aliphatic carbocycles. The Bertz CT molecular complexity index is 1100. The Labute approximate surface area is 199 Å². The van der Waals surface area contributed by atoms with Gasteiger partial charge in [0, 0.05) is 16.6 Å². The van der Waals surface area contributed by atoms with Gasteiger partial charge < -0.3 is 14.8 Å². The van der Waals surface area contributed by atoms with E-state index >= 15 is 0 Å². The van der Waals surface area contributed by atoms with Gasteiger partial charge in [0.2, 0.25) is 5.91 Å². The number of ether oxygens (including phenoxy) is 2. The van der Waals surface area contributed by atoms with Crippen LogP contribution >= 0.6 is 15.9 Å². The van der Waals surface area contributed by atoms with Crippen LogP contribution in [0.2, 0.25) is 0 Å². The van der Waals surface area contributed by atoms with E-state index < -0.39 is 36.2 Å². The number of carbonyl (C=O) groups excluding carboxylic acids is 4. The first-order valence-electron chi connectivity index (χ1n) is 10.2. The van der Waals surface area contributed by atoms with Gasteiger partial charge in [-0.1, -0.05) is 28.1 Å². The molecule has 0 saturated carbocycles. The largest absolute Gasteiger partial charge is 0.496 e. The number of nitrogens with zero attached hydrogens (tertiary/aromatic N) is 1. The lowest BCUT2D eigenvalue weighted by molar-refractivity contribution is -0.151. The average molecular weight is 518 g/mol. The summed E-state index contributed by atoms with van der Waals surface area (Å²) in [6.07, 6.45) is -0.127. The van der Waals surface area contributed by atoms with Crippen LogP contribution in [0.4, 0.5) is 5.69 Å². The normalized spacial score (nSPS) is 15.2. The summed E-state index contributed by atoms with van der Waals surface area (Å²) in [5, 5.41) is 3.79. The first-order chi connectivity index (χ1) is 15.7. The lowest BCUT2D eigenvalue weighted by Gasteiger charge is -2.18. The SMILES string of the molecule is COc1ccccc1C(=O)NN1C[C@H](C(=O)OCC(=O)Nc2cc(C)c(Br)cc2C)CC1=O. The van der Waals surface area contributed by atoms with Crippen molar-refractivity contribution in [1.82, 2.24) is 10.4 Å². The van der Waals surface area contributed by atoms with Crippen LogP contribution in [0.25, 0.3) is 0 Å². The molecule has 0 bridgehead atoms. The van der Waals surface area contributed by atoms with Crippen LogP contribution in [0.5, 0.6) is 5.75 Å². The highest BCUT2D eigenvalue weighted by atomic mass is 79.9. The number of halogens is 1. The summed E-state index contributed by atoms with van der Waals surface area (Å²) in [5.41, 5.74) is 5.18. The highest BCUT2D eigenvalue weighted by Gasteiger charge is 2.37. The van der Waals surface area contributed by atoms with E-state index in [1.54, 1.807) is 24.3 Å². The van der Waals surface area contributed by atoms with Crippen molar-refractivity contribution in [3.63, 3.8) is 0 Å². The molecule has 10 heteroatoms. The van der Waals surface area contributed by atoms with Gasteiger partial charge in [-0.25, -0.2) is 0 Å². The molecule has 1 saturated heterocycles. The Morgan fingerprint density at radius 2 is 1.88 bits per heavy atom. The molecule has 1 atom stereocenters. The molecule has 0 unspecified atom stereocenters. The molecule has 9 nitrogen and oxygen atoms in total. The van der Waals surface area contributed by atoms with Crippen LogP contribution in [-0.2, 0) is 19.1 Å². The summed E-state index contributed by atoms with van der Waals surface area (Å²) < 4.78 is 11.2. The van der Waals surface area contributed by atoms with Crippen LogP contribution in [0.3, 0.4) is 0 Å². The fourth-order valence-corrected chi connectivity index (χ4v) is 3.80. The minimum absolute atomic E-state index is 0.0504. The summed E-state index contributed by atoms with van der Waals surface area (Å²) in [7, 11) is 1.44. The molecule has 0 aromatic heterocycles. The lowest BCUT2D eigenvalue weighted by Crippen LogP contribution is -2.43. The fourth-order valence-electron chi connectivity index (χ4n) is 3.35. The zero-order chi connectivity index (χ0) is 24.1. The number of esters is 1. The number of anilines is 1. The van der Waals surface area contributed by atoms with Gasteiger partial charge in [0.1, 0.15) is 5.75 Å². The molecule has 1 heterocycles. The van der Waals surface area contributed by atoms with Crippen molar-refractivity contribution < 1.29 is 28.7 Å². The third-order valence-electron chi connectivity index (χ3n) is 5.17. The molecule has 3 rings (SSSR count). The third-order valence-corrected chi connectivity index (χ3v) is 6.03. The van der Waals surface area contributed by atoms with Gasteiger partial charge in [-0.05, 0) is 49.2 Å². The van der Waals surface area contributed by atoms with Gasteiger partial charge in [-0.3, -0.25) is 29.6 Å². The van der Waals surface area contributed by atoms with Gasteiger partial charge >= 0.3 is 5.97 Å². The van der Waals surface area contributed by atoms with Gasteiger partial charge in [0.25, 0.3) is 11.8 Å². The number of rotatable bonds is 7. The quantitative estimate of drug-likeness (QED) is 0.545. The van der Waals surface area contributed by atoms with Crippen LogP contribution in [0, 0.1) is 19.8 Å². The number of benzene rings is 2. The zero-order valence-electron chi connectivity index (χ0n) is 18.4. The number of methoxy groups -OCH3 is 1. The Balaban J connectivity index is 1.52. The predicted molar refractivity (Wildman–Crippen MR) is 123 cm³/mol. The maximum atomic E-state index is 12.5. The van der Waals surface area contributed by atoms with Crippen LogP contribution in [0.15, 0.2) is 40.9 Å². The van der Waals surface area contributed by atoms with E-state index in [4.69, 9.17) is 9.47 Å². The molecule has 2 aromatic rings. The Morgan fingerprint density at radius 1 is 1.15 bits per heavy atom. The summed E-state index contributed by atoms with van der Waals surface area (Å²) in [4.78, 5) is 49.4. The van der Waals surface area contributed by atoms with Crippen LogP contribution in [0.1, 0.15) is 27.9 Å². The molecular weight excluding hydrogens is 494 g/mol. The molecule has 0 radical (unpaired) electrons. The molecule has 33 heavy (non-hydrogen) atoms. The number of carbonyl (C=O) groups is 4. The maximum Gasteiger partial charge on any atom is 0.311 e. The van der Waals surface area contributed by atoms with Crippen molar-refractivity contribution >= 4 is 45.3 Å². The second kappa shape index (κ2) is 10.5. The van der Waals surface area contributed by atoms with Crippen molar-refractivity contribution in [3.8, 4) is 5.75 Å². The molecule has 174 valence electrons. The molecular formula is C23H24BrN3O6. The van der Waals surface area contributed by atoms with Crippen LogP contribution in [-0.4, -0.2) is 49.0 Å². The minimum Gasteiger partial charge on any atom is -0.496 e. The predicted octanol–water partition coefficient (Wildman–Crippen LogP) is 2.75. The lowest BCUT2D eigenvalue weighted by atomic mass is 10.1. The standard InChI is InChI=1S/C23H24BrN3O6/c1-13-9-18(14(2)8-17(13)24)25-20(28)12-33-23(31)15-10-21(29)27(11-15)26-22(30)16-6-4-5-7-19(16)32-3/h4-9,15H,10-12H2,1-3H3,(H,25,28)(H,26,30)/t15-/m1/s1. The number of aryl methyl sites for hydroxylation is 2. The first-order valence-corrected chi connectivity index (χ1v) is 11.0. The number of nitrogens with one attached hydrogen (secondary N) is 2. The average Bonchev–Trinajstić information content (AvgIpc) is 3.15. The third kappa shape index (κ3) is 5.89. The molecule has 2 aromatic carbocycles. The van der Waals surface area contributed by atoms with Gasteiger partial charge in [0.05, 0.1) is 25.1 Å².